The minimum absolute atomic E-state index is 0. The van der Waals surface area contributed by atoms with Crippen molar-refractivity contribution in [3.8, 4) is 0 Å². The third-order valence-corrected chi connectivity index (χ3v) is 2.21. The van der Waals surface area contributed by atoms with Gasteiger partial charge in [-0.2, -0.15) is 0 Å². The topological polar surface area (TPSA) is 36.8 Å². The zero-order chi connectivity index (χ0) is 8.27. The molecule has 0 aliphatic carbocycles. The van der Waals surface area contributed by atoms with Gasteiger partial charge in [-0.15, -0.1) is 0 Å². The average Bonchev–Trinajstić information content (AvgIpc) is 2.34. The van der Waals surface area contributed by atoms with Crippen molar-refractivity contribution in [2.75, 3.05) is 6.61 Å². The lowest BCUT2D eigenvalue weighted by Gasteiger charge is -1.97. The molecule has 3 heteroatoms. The van der Waals surface area contributed by atoms with Crippen LogP contribution in [0.25, 0.3) is 0 Å². The Morgan fingerprint density at radius 2 is 2.17 bits per heavy atom. The molecule has 0 fully saturated rings. The van der Waals surface area contributed by atoms with Crippen LogP contribution in [0.2, 0.25) is 0 Å². The Kier molecular flexibility index (Phi) is 5.46. The van der Waals surface area contributed by atoms with E-state index < -0.39 is 0 Å². The fourth-order valence-electron chi connectivity index (χ4n) is 1.43. The van der Waals surface area contributed by atoms with E-state index in [0.717, 1.165) is 12.8 Å². The van der Waals surface area contributed by atoms with Crippen molar-refractivity contribution >= 4 is 0 Å². The van der Waals surface area contributed by atoms with Crippen molar-refractivity contribution in [2.45, 2.75) is 26.7 Å². The molecule has 12 heavy (non-hydrogen) atoms. The minimum atomic E-state index is 0. The van der Waals surface area contributed by atoms with Gasteiger partial charge in [0, 0.05) is 17.6 Å². The van der Waals surface area contributed by atoms with Crippen molar-refractivity contribution in [1.29, 1.82) is 0 Å². The second kappa shape index (κ2) is 5.51. The molecule has 0 radical (unpaired) electrons. The smallest absolute Gasteiger partial charge is 0.116 e. The van der Waals surface area contributed by atoms with Crippen LogP contribution in [-0.2, 0) is 0 Å². The molecule has 0 saturated heterocycles. The molecule has 1 rings (SSSR count). The van der Waals surface area contributed by atoms with E-state index in [1.807, 2.05) is 0 Å². The molecule has 70 valence electrons. The van der Waals surface area contributed by atoms with E-state index in [0.29, 0.717) is 0 Å². The molecule has 1 aliphatic rings. The summed E-state index contributed by atoms with van der Waals surface area (Å²) in [7, 11) is 0. The average molecular weight is 234 g/mol. The number of allylic oxidation sites excluding steroid dienone is 2. The summed E-state index contributed by atoms with van der Waals surface area (Å²) in [5, 5.41) is 10.8. The zero-order valence-corrected chi connectivity index (χ0v) is 9.19. The van der Waals surface area contributed by atoms with Gasteiger partial charge in [-0.1, -0.05) is 6.92 Å². The Labute approximate surface area is 84.1 Å². The largest absolute Gasteiger partial charge is 1.00 e. The van der Waals surface area contributed by atoms with E-state index in [4.69, 9.17) is 5.11 Å². The summed E-state index contributed by atoms with van der Waals surface area (Å²) in [4.78, 5) is 0. The van der Waals surface area contributed by atoms with Crippen LogP contribution in [0.4, 0.5) is 0 Å². The van der Waals surface area contributed by atoms with Crippen molar-refractivity contribution < 1.29 is 27.4 Å². The maximum Gasteiger partial charge on any atom is 0.116 e. The van der Waals surface area contributed by atoms with Gasteiger partial charge < -0.3 is 22.1 Å². The standard InChI is InChI=1S/C9H15NO.BrH/c1-3-8-6-10-9(4-5-11)7(8)2;/h6,10-11H,3-5H2,1-2H3;1H. The van der Waals surface area contributed by atoms with E-state index in [1.54, 1.807) is 0 Å². The van der Waals surface area contributed by atoms with Crippen LogP contribution in [0, 0.1) is 0 Å². The van der Waals surface area contributed by atoms with Crippen molar-refractivity contribution in [3.05, 3.63) is 23.0 Å². The molecular weight excluding hydrogens is 218 g/mol. The van der Waals surface area contributed by atoms with Crippen molar-refractivity contribution in [3.63, 3.8) is 0 Å². The molecule has 1 heterocycles. The first-order valence-corrected chi connectivity index (χ1v) is 4.14. The molecular formula is C9H16BrNO. The van der Waals surface area contributed by atoms with Gasteiger partial charge in [0.1, 0.15) is 11.9 Å². The number of hydrogen-bond acceptors (Lipinski definition) is 1. The Morgan fingerprint density at radius 1 is 1.50 bits per heavy atom. The van der Waals surface area contributed by atoms with Crippen LogP contribution in [0.5, 0.6) is 0 Å². The Morgan fingerprint density at radius 3 is 2.58 bits per heavy atom. The molecule has 0 unspecified atom stereocenters. The number of aliphatic hydroxyl groups is 1. The lowest BCUT2D eigenvalue weighted by molar-refractivity contribution is -0.534. The summed E-state index contributed by atoms with van der Waals surface area (Å²) in [5.74, 6) is 0. The lowest BCUT2D eigenvalue weighted by Crippen LogP contribution is -3.00. The summed E-state index contributed by atoms with van der Waals surface area (Å²) in [6.45, 7) is 4.54. The molecule has 0 aromatic rings. The fraction of sp³-hybridized carbons (Fsp3) is 0.556. The van der Waals surface area contributed by atoms with Crippen molar-refractivity contribution in [2.24, 2.45) is 0 Å². The molecule has 0 bridgehead atoms. The maximum absolute atomic E-state index is 8.73. The van der Waals surface area contributed by atoms with Gasteiger partial charge in [0.2, 0.25) is 0 Å². The lowest BCUT2D eigenvalue weighted by atomic mass is 10.1. The molecule has 0 aromatic heterocycles. The number of nitrogens with two attached hydrogens (primary N) is 1. The van der Waals surface area contributed by atoms with Crippen LogP contribution in [0.15, 0.2) is 23.0 Å². The third-order valence-electron chi connectivity index (χ3n) is 2.21. The Bertz CT molecular complexity index is 209. The van der Waals surface area contributed by atoms with Gasteiger partial charge in [0.25, 0.3) is 0 Å². The Hall–Kier alpha value is -0.120. The summed E-state index contributed by atoms with van der Waals surface area (Å²) in [5.41, 5.74) is 4.07. The van der Waals surface area contributed by atoms with E-state index in [-0.39, 0.29) is 23.6 Å². The first-order valence-electron chi connectivity index (χ1n) is 4.14. The van der Waals surface area contributed by atoms with E-state index >= 15 is 0 Å². The number of hydrogen-bond donors (Lipinski definition) is 2. The van der Waals surface area contributed by atoms with Gasteiger partial charge in [-0.05, 0) is 13.3 Å². The second-order valence-electron chi connectivity index (χ2n) is 2.84. The van der Waals surface area contributed by atoms with E-state index in [1.165, 1.54) is 16.8 Å². The van der Waals surface area contributed by atoms with Gasteiger partial charge in [-0.25, -0.2) is 0 Å². The monoisotopic (exact) mass is 233 g/mol. The molecule has 2 nitrogen and oxygen atoms in total. The van der Waals surface area contributed by atoms with Crippen LogP contribution in [0.1, 0.15) is 26.7 Å². The summed E-state index contributed by atoms with van der Waals surface area (Å²) >= 11 is 0. The maximum atomic E-state index is 8.73. The van der Waals surface area contributed by atoms with Gasteiger partial charge >= 0.3 is 0 Å². The highest BCUT2D eigenvalue weighted by molar-refractivity contribution is 5.32. The van der Waals surface area contributed by atoms with Gasteiger partial charge in [0.05, 0.1) is 6.61 Å². The normalized spacial score (nSPS) is 16.1. The molecule has 0 amide bonds. The van der Waals surface area contributed by atoms with Crippen molar-refractivity contribution in [1.82, 2.24) is 0 Å². The number of quaternary nitrogens is 1. The summed E-state index contributed by atoms with van der Waals surface area (Å²) < 4.78 is 0. The highest BCUT2D eigenvalue weighted by Crippen LogP contribution is 2.17. The Balaban J connectivity index is 0.00000121. The molecule has 0 saturated carbocycles. The summed E-state index contributed by atoms with van der Waals surface area (Å²) in [6, 6.07) is 0. The minimum Gasteiger partial charge on any atom is -1.00 e. The third kappa shape index (κ3) is 2.44. The molecule has 0 atom stereocenters. The fourth-order valence-corrected chi connectivity index (χ4v) is 1.43. The van der Waals surface area contributed by atoms with Gasteiger partial charge in [0.15, 0.2) is 0 Å². The number of rotatable bonds is 3. The second-order valence-corrected chi connectivity index (χ2v) is 2.84. The highest BCUT2D eigenvalue weighted by Gasteiger charge is 2.15. The molecule has 0 spiro atoms. The number of aliphatic hydroxyl groups excluding tert-OH is 1. The zero-order valence-electron chi connectivity index (χ0n) is 7.60. The SMILES string of the molecule is CCC1=C[NH2+]C(CCO)=C1C.[Br-]. The molecule has 0 aromatic carbocycles. The van der Waals surface area contributed by atoms with Crippen LogP contribution in [-0.4, -0.2) is 11.7 Å². The van der Waals surface area contributed by atoms with Gasteiger partial charge in [-0.3, -0.25) is 5.32 Å². The van der Waals surface area contributed by atoms with E-state index in [2.05, 4.69) is 25.4 Å². The predicted molar refractivity (Wildman–Crippen MR) is 44.7 cm³/mol. The molecule has 3 N–H and O–H groups in total. The highest BCUT2D eigenvalue weighted by atomic mass is 79.9. The first-order chi connectivity index (χ1) is 5.29. The van der Waals surface area contributed by atoms with Crippen LogP contribution in [0.3, 0.4) is 0 Å². The quantitative estimate of drug-likeness (QED) is 0.557. The first kappa shape index (κ1) is 11.9. The predicted octanol–water partition coefficient (Wildman–Crippen LogP) is -2.48. The number of halogens is 1. The van der Waals surface area contributed by atoms with Crippen LogP contribution >= 0.6 is 0 Å². The van der Waals surface area contributed by atoms with Crippen LogP contribution < -0.4 is 22.3 Å². The van der Waals surface area contributed by atoms with E-state index in [9.17, 15) is 0 Å². The summed E-state index contributed by atoms with van der Waals surface area (Å²) in [6.07, 6.45) is 4.05. The molecule has 1 aliphatic heterocycles.